The Morgan fingerprint density at radius 1 is 1.31 bits per heavy atom. The Kier molecular flexibility index (Phi) is 2.29. The maximum atomic E-state index is 8.39. The van der Waals surface area contributed by atoms with Crippen LogP contribution in [0.5, 0.6) is 0 Å². The second-order valence-electron chi connectivity index (χ2n) is 3.20. The Labute approximate surface area is 77.8 Å². The smallest absolute Gasteiger partial charge is 0.109 e. The first-order chi connectivity index (χ1) is 6.42. The van der Waals surface area contributed by atoms with E-state index < -0.39 is 0 Å². The van der Waals surface area contributed by atoms with Gasteiger partial charge in [0, 0.05) is 6.42 Å². The molecule has 1 aromatic carbocycles. The van der Waals surface area contributed by atoms with Crippen molar-refractivity contribution in [3.05, 3.63) is 35.9 Å². The van der Waals surface area contributed by atoms with Gasteiger partial charge in [-0.2, -0.15) is 5.26 Å². The third kappa shape index (κ3) is 1.88. The van der Waals surface area contributed by atoms with E-state index in [-0.39, 0.29) is 12.2 Å². The van der Waals surface area contributed by atoms with Gasteiger partial charge in [0.2, 0.25) is 0 Å². The molecule has 0 spiro atoms. The summed E-state index contributed by atoms with van der Waals surface area (Å²) in [5.41, 5.74) is 1.23. The number of rotatable bonds is 3. The molecule has 13 heavy (non-hydrogen) atoms. The first-order valence-electron chi connectivity index (χ1n) is 4.49. The summed E-state index contributed by atoms with van der Waals surface area (Å²) < 4.78 is 5.45. The molecule has 1 fully saturated rings. The molecule has 2 nitrogen and oxygen atoms in total. The molecule has 66 valence electrons. The fourth-order valence-corrected chi connectivity index (χ4v) is 1.51. The summed E-state index contributed by atoms with van der Waals surface area (Å²) in [6.07, 6.45) is 1.97. The van der Waals surface area contributed by atoms with Crippen molar-refractivity contribution >= 4 is 0 Å². The average molecular weight is 173 g/mol. The van der Waals surface area contributed by atoms with Gasteiger partial charge < -0.3 is 4.74 Å². The number of ether oxygens (including phenoxy) is 1. The van der Waals surface area contributed by atoms with E-state index in [0.717, 1.165) is 6.42 Å². The molecule has 1 heterocycles. The van der Waals surface area contributed by atoms with Crippen molar-refractivity contribution < 1.29 is 4.74 Å². The van der Waals surface area contributed by atoms with Crippen LogP contribution in [-0.2, 0) is 4.74 Å². The lowest BCUT2D eigenvalue weighted by Crippen LogP contribution is -1.87. The summed E-state index contributed by atoms with van der Waals surface area (Å²) >= 11 is 0. The van der Waals surface area contributed by atoms with E-state index in [2.05, 4.69) is 18.2 Å². The number of epoxide rings is 1. The van der Waals surface area contributed by atoms with Crippen LogP contribution < -0.4 is 0 Å². The van der Waals surface area contributed by atoms with Crippen molar-refractivity contribution in [1.82, 2.24) is 0 Å². The van der Waals surface area contributed by atoms with Crippen LogP contribution in [0.4, 0.5) is 0 Å². The van der Waals surface area contributed by atoms with Gasteiger partial charge >= 0.3 is 0 Å². The predicted molar refractivity (Wildman–Crippen MR) is 48.9 cm³/mol. The summed E-state index contributed by atoms with van der Waals surface area (Å²) in [5, 5.41) is 8.39. The molecule has 1 aromatic rings. The average Bonchev–Trinajstić information content (AvgIpc) is 2.95. The summed E-state index contributed by atoms with van der Waals surface area (Å²) in [7, 11) is 0. The molecule has 1 aliphatic heterocycles. The van der Waals surface area contributed by atoms with Crippen LogP contribution in [-0.4, -0.2) is 6.10 Å². The molecule has 2 heteroatoms. The maximum Gasteiger partial charge on any atom is 0.109 e. The van der Waals surface area contributed by atoms with E-state index in [0.29, 0.717) is 6.42 Å². The van der Waals surface area contributed by atoms with Gasteiger partial charge in [0.15, 0.2) is 0 Å². The molecular weight excluding hydrogens is 162 g/mol. The van der Waals surface area contributed by atoms with Crippen molar-refractivity contribution in [3.63, 3.8) is 0 Å². The number of hydrogen-bond donors (Lipinski definition) is 0. The quantitative estimate of drug-likeness (QED) is 0.658. The van der Waals surface area contributed by atoms with Gasteiger partial charge in [0.25, 0.3) is 0 Å². The summed E-state index contributed by atoms with van der Waals surface area (Å²) in [5.74, 6) is 0. The topological polar surface area (TPSA) is 36.3 Å². The Hall–Kier alpha value is -1.33. The molecule has 0 amide bonds. The van der Waals surface area contributed by atoms with Crippen LogP contribution in [0.25, 0.3) is 0 Å². The second kappa shape index (κ2) is 3.59. The van der Waals surface area contributed by atoms with Crippen molar-refractivity contribution in [2.24, 2.45) is 0 Å². The molecule has 2 unspecified atom stereocenters. The highest BCUT2D eigenvalue weighted by atomic mass is 16.6. The number of benzene rings is 1. The lowest BCUT2D eigenvalue weighted by Gasteiger charge is -1.92. The van der Waals surface area contributed by atoms with Gasteiger partial charge in [0.05, 0.1) is 12.2 Å². The zero-order valence-corrected chi connectivity index (χ0v) is 7.31. The Morgan fingerprint density at radius 2 is 2.08 bits per heavy atom. The number of nitrogens with zero attached hydrogens (tertiary/aromatic N) is 1. The highest BCUT2D eigenvalue weighted by Gasteiger charge is 2.39. The minimum Gasteiger partial charge on any atom is -0.364 e. The standard InChI is InChI=1S/C11H11NO/c12-8-4-7-10-11(13-10)9-5-2-1-3-6-9/h1-3,5-6,10-11H,4,7H2. The molecule has 0 bridgehead atoms. The van der Waals surface area contributed by atoms with Crippen LogP contribution >= 0.6 is 0 Å². The molecule has 1 aliphatic rings. The third-order valence-electron chi connectivity index (χ3n) is 2.25. The van der Waals surface area contributed by atoms with E-state index >= 15 is 0 Å². The third-order valence-corrected chi connectivity index (χ3v) is 2.25. The van der Waals surface area contributed by atoms with Crippen LogP contribution in [0.15, 0.2) is 30.3 Å². The maximum absolute atomic E-state index is 8.39. The van der Waals surface area contributed by atoms with Gasteiger partial charge in [0.1, 0.15) is 6.10 Å². The molecule has 0 N–H and O–H groups in total. The number of hydrogen-bond acceptors (Lipinski definition) is 2. The zero-order chi connectivity index (χ0) is 9.10. The van der Waals surface area contributed by atoms with Gasteiger partial charge in [-0.3, -0.25) is 0 Å². The zero-order valence-electron chi connectivity index (χ0n) is 7.31. The van der Waals surface area contributed by atoms with Crippen LogP contribution in [0.2, 0.25) is 0 Å². The molecular formula is C11H11NO. The van der Waals surface area contributed by atoms with Gasteiger partial charge in [-0.15, -0.1) is 0 Å². The summed E-state index contributed by atoms with van der Waals surface area (Å²) in [6.45, 7) is 0. The van der Waals surface area contributed by atoms with Crippen molar-refractivity contribution in [3.8, 4) is 6.07 Å². The Balaban J connectivity index is 1.90. The van der Waals surface area contributed by atoms with E-state index in [1.54, 1.807) is 0 Å². The fraction of sp³-hybridized carbons (Fsp3) is 0.364. The van der Waals surface area contributed by atoms with Crippen LogP contribution in [0.3, 0.4) is 0 Å². The van der Waals surface area contributed by atoms with Gasteiger partial charge in [-0.05, 0) is 12.0 Å². The minimum atomic E-state index is 0.245. The van der Waals surface area contributed by atoms with E-state index in [9.17, 15) is 0 Å². The highest BCUT2D eigenvalue weighted by Crippen LogP contribution is 2.40. The normalized spacial score (nSPS) is 25.2. The lowest BCUT2D eigenvalue weighted by molar-refractivity contribution is 0.367. The minimum absolute atomic E-state index is 0.245. The fourth-order valence-electron chi connectivity index (χ4n) is 1.51. The molecule has 2 atom stereocenters. The summed E-state index contributed by atoms with van der Waals surface area (Å²) in [4.78, 5) is 0. The van der Waals surface area contributed by atoms with Crippen molar-refractivity contribution in [2.45, 2.75) is 25.0 Å². The monoisotopic (exact) mass is 173 g/mol. The first-order valence-corrected chi connectivity index (χ1v) is 4.49. The largest absolute Gasteiger partial charge is 0.364 e. The number of nitriles is 1. The molecule has 2 rings (SSSR count). The lowest BCUT2D eigenvalue weighted by atomic mass is 10.1. The van der Waals surface area contributed by atoms with Crippen molar-refractivity contribution in [2.75, 3.05) is 0 Å². The van der Waals surface area contributed by atoms with Crippen LogP contribution in [0.1, 0.15) is 24.5 Å². The summed E-state index contributed by atoms with van der Waals surface area (Å²) in [6, 6.07) is 12.3. The molecule has 0 radical (unpaired) electrons. The SMILES string of the molecule is N#CCCC1OC1c1ccccc1. The molecule has 0 aliphatic carbocycles. The first kappa shape index (κ1) is 8.28. The van der Waals surface area contributed by atoms with Crippen LogP contribution in [0, 0.1) is 11.3 Å². The molecule has 0 saturated carbocycles. The van der Waals surface area contributed by atoms with E-state index in [1.807, 2.05) is 18.2 Å². The molecule has 0 aromatic heterocycles. The van der Waals surface area contributed by atoms with E-state index in [1.165, 1.54) is 5.56 Å². The Morgan fingerprint density at radius 3 is 2.77 bits per heavy atom. The highest BCUT2D eigenvalue weighted by molar-refractivity contribution is 5.22. The van der Waals surface area contributed by atoms with Gasteiger partial charge in [-0.1, -0.05) is 30.3 Å². The van der Waals surface area contributed by atoms with Gasteiger partial charge in [-0.25, -0.2) is 0 Å². The predicted octanol–water partition coefficient (Wildman–Crippen LogP) is 2.43. The Bertz CT molecular complexity index is 315. The molecule has 1 saturated heterocycles. The van der Waals surface area contributed by atoms with E-state index in [4.69, 9.17) is 10.00 Å². The van der Waals surface area contributed by atoms with Crippen molar-refractivity contribution in [1.29, 1.82) is 5.26 Å². The second-order valence-corrected chi connectivity index (χ2v) is 3.20.